The third-order valence-corrected chi connectivity index (χ3v) is 3.24. The van der Waals surface area contributed by atoms with Gasteiger partial charge in [0.2, 0.25) is 0 Å². The molecule has 0 aromatic rings. The van der Waals surface area contributed by atoms with Gasteiger partial charge < -0.3 is 0 Å². The lowest BCUT2D eigenvalue weighted by Crippen LogP contribution is -2.26. The van der Waals surface area contributed by atoms with Crippen LogP contribution in [-0.2, 0) is 24.4 Å². The van der Waals surface area contributed by atoms with Crippen molar-refractivity contribution in [1.82, 2.24) is 0 Å². The molecule has 0 spiro atoms. The third kappa shape index (κ3) is 7.33. The highest BCUT2D eigenvalue weighted by Crippen LogP contribution is 2.02. The lowest BCUT2D eigenvalue weighted by atomic mass is 10.4. The molecule has 0 amide bonds. The van der Waals surface area contributed by atoms with Gasteiger partial charge in [-0.05, 0) is 13.8 Å². The fourth-order valence-electron chi connectivity index (χ4n) is 0.691. The molecule has 8 heteroatoms. The van der Waals surface area contributed by atoms with Gasteiger partial charge in [-0.25, -0.2) is 0 Å². The fraction of sp³-hybridized carbons (Fsp3) is 0.714. The molecule has 0 aliphatic heterocycles. The van der Waals surface area contributed by atoms with E-state index in [-0.39, 0.29) is 5.75 Å². The van der Waals surface area contributed by atoms with E-state index in [1.807, 2.05) is 0 Å². The van der Waals surface area contributed by atoms with Gasteiger partial charge in [-0.15, -0.1) is 5.92 Å². The topological polar surface area (TPSA) is 97.7 Å². The average Bonchev–Trinajstić information content (AvgIpc) is 2.01. The van der Waals surface area contributed by atoms with Crippen molar-refractivity contribution >= 4 is 20.2 Å². The summed E-state index contributed by atoms with van der Waals surface area (Å²) in [7, 11) is -8.11. The summed E-state index contributed by atoms with van der Waals surface area (Å²) >= 11 is 0. The van der Waals surface area contributed by atoms with Gasteiger partial charge in [0.25, 0.3) is 20.2 Å². The van der Waals surface area contributed by atoms with Gasteiger partial charge in [0.05, 0.1) is 5.75 Å². The molecule has 1 atom stereocenters. The van der Waals surface area contributed by atoms with E-state index in [2.05, 4.69) is 16.0 Å². The first-order valence-electron chi connectivity index (χ1n) is 3.98. The molecule has 1 N–H and O–H groups in total. The van der Waals surface area contributed by atoms with E-state index in [4.69, 9.17) is 4.55 Å². The van der Waals surface area contributed by atoms with Crippen LogP contribution in [0.3, 0.4) is 0 Å². The second-order valence-corrected chi connectivity index (χ2v) is 5.96. The van der Waals surface area contributed by atoms with Crippen LogP contribution < -0.4 is 0 Å². The summed E-state index contributed by atoms with van der Waals surface area (Å²) in [4.78, 5) is 0. The van der Waals surface area contributed by atoms with Crippen molar-refractivity contribution in [3.63, 3.8) is 0 Å². The molecule has 15 heavy (non-hydrogen) atoms. The van der Waals surface area contributed by atoms with Crippen LogP contribution in [0.15, 0.2) is 0 Å². The predicted molar refractivity (Wildman–Crippen MR) is 54.2 cm³/mol. The lowest BCUT2D eigenvalue weighted by molar-refractivity contribution is 0.282. The van der Waals surface area contributed by atoms with Crippen LogP contribution in [0.4, 0.5) is 0 Å². The van der Waals surface area contributed by atoms with Crippen LogP contribution in [0.5, 0.6) is 0 Å². The second-order valence-electron chi connectivity index (χ2n) is 2.57. The van der Waals surface area contributed by atoms with Crippen molar-refractivity contribution in [2.75, 3.05) is 11.5 Å². The van der Waals surface area contributed by atoms with Gasteiger partial charge in [0.1, 0.15) is 5.75 Å². The smallest absolute Gasteiger partial charge is 0.268 e. The number of rotatable bonds is 5. The molecule has 6 nitrogen and oxygen atoms in total. The van der Waals surface area contributed by atoms with Crippen LogP contribution >= 0.6 is 0 Å². The standard InChI is InChI=1S/C7H12O6S2/c1-3-5-7(6-14(8,9)10)13-15(11,12)4-2/h7H,4,6H2,1-2H3,(H,8,9,10). The SMILES string of the molecule is CC#CC(CS(=O)(=O)O)OS(=O)(=O)CC. The zero-order valence-corrected chi connectivity index (χ0v) is 9.93. The molecule has 0 aliphatic carbocycles. The molecule has 0 heterocycles. The van der Waals surface area contributed by atoms with Gasteiger partial charge in [0, 0.05) is 0 Å². The lowest BCUT2D eigenvalue weighted by Gasteiger charge is -2.09. The molecule has 0 fully saturated rings. The summed E-state index contributed by atoms with van der Waals surface area (Å²) in [5.41, 5.74) is 0. The molecule has 0 rings (SSSR count). The fourth-order valence-corrected chi connectivity index (χ4v) is 1.92. The van der Waals surface area contributed by atoms with Gasteiger partial charge in [-0.1, -0.05) is 5.92 Å². The van der Waals surface area contributed by atoms with Crippen molar-refractivity contribution in [2.45, 2.75) is 20.0 Å². The van der Waals surface area contributed by atoms with Crippen LogP contribution in [0, 0.1) is 11.8 Å². The van der Waals surface area contributed by atoms with E-state index in [1.165, 1.54) is 13.8 Å². The van der Waals surface area contributed by atoms with E-state index in [0.717, 1.165) is 0 Å². The first-order chi connectivity index (χ1) is 6.70. The summed E-state index contributed by atoms with van der Waals surface area (Å²) in [6.45, 7) is 2.75. The van der Waals surface area contributed by atoms with Crippen LogP contribution in [0.1, 0.15) is 13.8 Å². The predicted octanol–water partition coefficient (Wildman–Crippen LogP) is -0.368. The van der Waals surface area contributed by atoms with Crippen LogP contribution in [-0.4, -0.2) is 39.0 Å². The maximum Gasteiger partial charge on any atom is 0.268 e. The van der Waals surface area contributed by atoms with Gasteiger partial charge in [0.15, 0.2) is 6.10 Å². The van der Waals surface area contributed by atoms with Crippen molar-refractivity contribution < 1.29 is 25.6 Å². The maximum atomic E-state index is 11.0. The molecule has 0 saturated carbocycles. The Morgan fingerprint density at radius 3 is 2.20 bits per heavy atom. The monoisotopic (exact) mass is 256 g/mol. The minimum atomic E-state index is -4.32. The van der Waals surface area contributed by atoms with Gasteiger partial charge in [-0.3, -0.25) is 8.74 Å². The summed E-state index contributed by atoms with van der Waals surface area (Å²) in [5, 5.41) is 0. The molecule has 0 radical (unpaired) electrons. The molecule has 0 aromatic heterocycles. The van der Waals surface area contributed by atoms with E-state index in [1.54, 1.807) is 0 Å². The Labute approximate surface area is 89.5 Å². The van der Waals surface area contributed by atoms with Gasteiger partial charge in [-0.2, -0.15) is 16.8 Å². The highest BCUT2D eigenvalue weighted by molar-refractivity contribution is 7.87. The Kier molecular flexibility index (Phi) is 5.23. The molecule has 0 aromatic carbocycles. The van der Waals surface area contributed by atoms with Crippen molar-refractivity contribution in [3.8, 4) is 11.8 Å². The first-order valence-corrected chi connectivity index (χ1v) is 7.17. The minimum absolute atomic E-state index is 0.291. The number of hydrogen-bond acceptors (Lipinski definition) is 5. The minimum Gasteiger partial charge on any atom is -0.285 e. The Hall–Kier alpha value is -0.620. The molecular weight excluding hydrogens is 244 g/mol. The second kappa shape index (κ2) is 5.46. The Balaban J connectivity index is 4.77. The average molecular weight is 256 g/mol. The Morgan fingerprint density at radius 1 is 1.33 bits per heavy atom. The van der Waals surface area contributed by atoms with Crippen LogP contribution in [0.2, 0.25) is 0 Å². The highest BCUT2D eigenvalue weighted by atomic mass is 32.2. The summed E-state index contributed by atoms with van der Waals surface area (Å²) in [6.07, 6.45) is -1.37. The normalized spacial score (nSPS) is 14.1. The molecule has 0 bridgehead atoms. The third-order valence-electron chi connectivity index (χ3n) is 1.28. The van der Waals surface area contributed by atoms with Gasteiger partial charge >= 0.3 is 0 Å². The zero-order chi connectivity index (χ0) is 12.1. The van der Waals surface area contributed by atoms with Crippen molar-refractivity contribution in [2.24, 2.45) is 0 Å². The summed E-state index contributed by atoms with van der Waals surface area (Å²) in [5.74, 6) is 3.40. The maximum absolute atomic E-state index is 11.0. The first kappa shape index (κ1) is 14.4. The van der Waals surface area contributed by atoms with Crippen molar-refractivity contribution in [3.05, 3.63) is 0 Å². The zero-order valence-electron chi connectivity index (χ0n) is 8.30. The molecule has 1 unspecified atom stereocenters. The van der Waals surface area contributed by atoms with E-state index in [9.17, 15) is 16.8 Å². The molecular formula is C7H12O6S2. The highest BCUT2D eigenvalue weighted by Gasteiger charge is 2.21. The molecule has 0 aliphatic rings. The largest absolute Gasteiger partial charge is 0.285 e. The number of hydrogen-bond donors (Lipinski definition) is 1. The summed E-state index contributed by atoms with van der Waals surface area (Å²) in [6, 6.07) is 0. The molecule has 88 valence electrons. The Morgan fingerprint density at radius 2 is 1.87 bits per heavy atom. The van der Waals surface area contributed by atoms with E-state index in [0.29, 0.717) is 0 Å². The summed E-state index contributed by atoms with van der Waals surface area (Å²) < 4.78 is 56.0. The van der Waals surface area contributed by atoms with E-state index < -0.39 is 32.1 Å². The molecule has 0 saturated heterocycles. The van der Waals surface area contributed by atoms with E-state index >= 15 is 0 Å². The van der Waals surface area contributed by atoms with Crippen molar-refractivity contribution in [1.29, 1.82) is 0 Å². The van der Waals surface area contributed by atoms with Crippen LogP contribution in [0.25, 0.3) is 0 Å². The Bertz CT molecular complexity index is 449. The quantitative estimate of drug-likeness (QED) is 0.409.